The molecule has 2 N–H and O–H groups in total. The van der Waals surface area contributed by atoms with E-state index in [1.54, 1.807) is 0 Å². The van der Waals surface area contributed by atoms with Gasteiger partial charge in [0.05, 0.1) is 6.61 Å². The van der Waals surface area contributed by atoms with Crippen LogP contribution < -0.4 is 5.32 Å². The van der Waals surface area contributed by atoms with Gasteiger partial charge >= 0.3 is 0 Å². The second-order valence-electron chi connectivity index (χ2n) is 5.11. The molecule has 1 rings (SSSR count). The average Bonchev–Trinajstić information content (AvgIpc) is 2.39. The van der Waals surface area contributed by atoms with Crippen LogP contribution in [0.2, 0.25) is 0 Å². The van der Waals surface area contributed by atoms with Crippen LogP contribution >= 0.6 is 11.8 Å². The summed E-state index contributed by atoms with van der Waals surface area (Å²) in [5.74, 6) is 1.25. The van der Waals surface area contributed by atoms with E-state index in [1.165, 1.54) is 31.4 Å². The zero-order valence-electron chi connectivity index (χ0n) is 11.2. The number of unbranched alkanes of at least 4 members (excludes halogenated alkanes) is 1. The largest absolute Gasteiger partial charge is 0.394 e. The minimum Gasteiger partial charge on any atom is -0.394 e. The lowest BCUT2D eigenvalue weighted by molar-refractivity contribution is 0.1000. The van der Waals surface area contributed by atoms with Crippen molar-refractivity contribution in [3.05, 3.63) is 0 Å². The first kappa shape index (κ1) is 15.3. The first-order valence-corrected chi connectivity index (χ1v) is 7.74. The minimum absolute atomic E-state index is 0.0939. The SMILES string of the molecule is CNC(C)(CO)CCCCSC1CCOCC1. The molecule has 1 fully saturated rings. The molecule has 1 atom stereocenters. The van der Waals surface area contributed by atoms with Gasteiger partial charge in [-0.2, -0.15) is 11.8 Å². The van der Waals surface area contributed by atoms with Crippen LogP contribution in [0.4, 0.5) is 0 Å². The van der Waals surface area contributed by atoms with Crippen molar-refractivity contribution in [2.45, 2.75) is 49.8 Å². The van der Waals surface area contributed by atoms with Gasteiger partial charge in [0.2, 0.25) is 0 Å². The Morgan fingerprint density at radius 1 is 1.35 bits per heavy atom. The molecular formula is C13H27NO2S. The first-order chi connectivity index (χ1) is 8.20. The Bertz CT molecular complexity index is 192. The molecule has 0 amide bonds. The Balaban J connectivity index is 2.00. The van der Waals surface area contributed by atoms with Gasteiger partial charge in [0.1, 0.15) is 0 Å². The fourth-order valence-electron chi connectivity index (χ4n) is 1.99. The molecule has 1 unspecified atom stereocenters. The van der Waals surface area contributed by atoms with E-state index in [0.29, 0.717) is 0 Å². The third kappa shape index (κ3) is 6.09. The second kappa shape index (κ2) is 8.35. The molecule has 1 aliphatic rings. The molecule has 17 heavy (non-hydrogen) atoms. The van der Waals surface area contributed by atoms with Crippen LogP contribution in [0.1, 0.15) is 39.0 Å². The second-order valence-corrected chi connectivity index (χ2v) is 6.52. The van der Waals surface area contributed by atoms with E-state index in [1.807, 2.05) is 7.05 Å². The van der Waals surface area contributed by atoms with Crippen molar-refractivity contribution >= 4 is 11.8 Å². The fraction of sp³-hybridized carbons (Fsp3) is 1.00. The molecule has 0 aromatic rings. The molecule has 1 aliphatic heterocycles. The summed E-state index contributed by atoms with van der Waals surface area (Å²) in [5, 5.41) is 13.3. The summed E-state index contributed by atoms with van der Waals surface area (Å²) in [4.78, 5) is 0. The summed E-state index contributed by atoms with van der Waals surface area (Å²) in [7, 11) is 1.92. The predicted octanol–water partition coefficient (Wildman–Crippen LogP) is 2.04. The van der Waals surface area contributed by atoms with Crippen LogP contribution in [0.3, 0.4) is 0 Å². The lowest BCUT2D eigenvalue weighted by atomic mass is 9.96. The van der Waals surface area contributed by atoms with Gasteiger partial charge in [0.15, 0.2) is 0 Å². The lowest BCUT2D eigenvalue weighted by Crippen LogP contribution is -2.43. The molecule has 1 heterocycles. The third-order valence-corrected chi connectivity index (χ3v) is 5.06. The lowest BCUT2D eigenvalue weighted by Gasteiger charge is -2.27. The van der Waals surface area contributed by atoms with Crippen molar-refractivity contribution in [2.75, 3.05) is 32.6 Å². The molecule has 0 radical (unpaired) electrons. The first-order valence-electron chi connectivity index (χ1n) is 6.69. The van der Waals surface area contributed by atoms with Gasteiger partial charge in [-0.25, -0.2) is 0 Å². The van der Waals surface area contributed by atoms with Gasteiger partial charge in [-0.3, -0.25) is 0 Å². The van der Waals surface area contributed by atoms with E-state index in [9.17, 15) is 5.11 Å². The van der Waals surface area contributed by atoms with Gasteiger partial charge in [0, 0.05) is 24.0 Å². The van der Waals surface area contributed by atoms with Gasteiger partial charge in [-0.15, -0.1) is 0 Å². The Kier molecular flexibility index (Phi) is 7.51. The quantitative estimate of drug-likeness (QED) is 0.656. The van der Waals surface area contributed by atoms with E-state index in [-0.39, 0.29) is 12.1 Å². The molecule has 0 aliphatic carbocycles. The molecule has 1 saturated heterocycles. The van der Waals surface area contributed by atoms with Crippen LogP contribution in [-0.2, 0) is 4.74 Å². The Morgan fingerprint density at radius 2 is 2.06 bits per heavy atom. The number of hydrogen-bond acceptors (Lipinski definition) is 4. The Labute approximate surface area is 110 Å². The third-order valence-electron chi connectivity index (χ3n) is 3.60. The number of ether oxygens (including phenoxy) is 1. The summed E-state index contributed by atoms with van der Waals surface area (Å²) in [6, 6.07) is 0. The van der Waals surface area contributed by atoms with Crippen LogP contribution in [0.5, 0.6) is 0 Å². The van der Waals surface area contributed by atoms with E-state index in [4.69, 9.17) is 4.74 Å². The summed E-state index contributed by atoms with van der Waals surface area (Å²) >= 11 is 2.10. The number of nitrogens with one attached hydrogen (secondary N) is 1. The van der Waals surface area contributed by atoms with Crippen molar-refractivity contribution in [3.63, 3.8) is 0 Å². The number of thioether (sulfide) groups is 1. The molecule has 0 aromatic carbocycles. The van der Waals surface area contributed by atoms with Crippen molar-refractivity contribution in [2.24, 2.45) is 0 Å². The standard InChI is InChI=1S/C13H27NO2S/c1-13(11-15,14-2)7-3-4-10-17-12-5-8-16-9-6-12/h12,14-15H,3-11H2,1-2H3. The number of aliphatic hydroxyl groups is 1. The van der Waals surface area contributed by atoms with E-state index in [0.717, 1.165) is 24.9 Å². The van der Waals surface area contributed by atoms with Crippen molar-refractivity contribution in [1.82, 2.24) is 5.32 Å². The monoisotopic (exact) mass is 261 g/mol. The highest BCUT2D eigenvalue weighted by atomic mass is 32.2. The fourth-order valence-corrected chi connectivity index (χ4v) is 3.22. The maximum Gasteiger partial charge on any atom is 0.0610 e. The zero-order valence-corrected chi connectivity index (χ0v) is 12.0. The molecule has 0 saturated carbocycles. The van der Waals surface area contributed by atoms with E-state index < -0.39 is 0 Å². The average molecular weight is 261 g/mol. The summed E-state index contributed by atoms with van der Waals surface area (Å²) in [6.45, 7) is 4.19. The zero-order chi connectivity index (χ0) is 12.6. The van der Waals surface area contributed by atoms with Gasteiger partial charge < -0.3 is 15.2 Å². The topological polar surface area (TPSA) is 41.5 Å². The van der Waals surface area contributed by atoms with Gasteiger partial charge in [0.25, 0.3) is 0 Å². The van der Waals surface area contributed by atoms with Crippen LogP contribution in [0, 0.1) is 0 Å². The molecule has 0 bridgehead atoms. The van der Waals surface area contributed by atoms with Crippen molar-refractivity contribution < 1.29 is 9.84 Å². The normalized spacial score (nSPS) is 21.4. The van der Waals surface area contributed by atoms with Crippen LogP contribution in [-0.4, -0.2) is 48.5 Å². The highest BCUT2D eigenvalue weighted by Crippen LogP contribution is 2.23. The summed E-state index contributed by atoms with van der Waals surface area (Å²) in [6.07, 6.45) is 5.92. The van der Waals surface area contributed by atoms with Gasteiger partial charge in [-0.05, 0) is 45.4 Å². The maximum absolute atomic E-state index is 9.26. The molecule has 102 valence electrons. The Hall–Kier alpha value is 0.230. The van der Waals surface area contributed by atoms with Crippen molar-refractivity contribution in [1.29, 1.82) is 0 Å². The van der Waals surface area contributed by atoms with Crippen LogP contribution in [0.25, 0.3) is 0 Å². The molecular weight excluding hydrogens is 234 g/mol. The van der Waals surface area contributed by atoms with E-state index in [2.05, 4.69) is 24.0 Å². The van der Waals surface area contributed by atoms with E-state index >= 15 is 0 Å². The minimum atomic E-state index is -0.0939. The molecule has 4 heteroatoms. The molecule has 0 spiro atoms. The molecule has 3 nitrogen and oxygen atoms in total. The highest BCUT2D eigenvalue weighted by molar-refractivity contribution is 7.99. The number of likely N-dealkylation sites (N-methyl/N-ethyl adjacent to an activating group) is 1. The van der Waals surface area contributed by atoms with Gasteiger partial charge in [-0.1, -0.05) is 6.42 Å². The van der Waals surface area contributed by atoms with Crippen LogP contribution in [0.15, 0.2) is 0 Å². The summed E-state index contributed by atoms with van der Waals surface area (Å²) < 4.78 is 5.35. The number of hydrogen-bond donors (Lipinski definition) is 2. The number of rotatable bonds is 8. The highest BCUT2D eigenvalue weighted by Gasteiger charge is 2.19. The molecule has 0 aromatic heterocycles. The maximum atomic E-state index is 9.26. The summed E-state index contributed by atoms with van der Waals surface area (Å²) in [5.41, 5.74) is -0.0939. The predicted molar refractivity (Wildman–Crippen MR) is 74.7 cm³/mol. The van der Waals surface area contributed by atoms with Crippen molar-refractivity contribution in [3.8, 4) is 0 Å². The smallest absolute Gasteiger partial charge is 0.0610 e. The Morgan fingerprint density at radius 3 is 2.65 bits per heavy atom. The number of aliphatic hydroxyl groups excluding tert-OH is 1.